The molecule has 0 bridgehead atoms. The van der Waals surface area contributed by atoms with E-state index >= 15 is 0 Å². The monoisotopic (exact) mass is 248 g/mol. The molecule has 18 heavy (non-hydrogen) atoms. The Balaban J connectivity index is 2.43. The normalized spacial score (nSPS) is 11.6. The lowest BCUT2D eigenvalue weighted by molar-refractivity contribution is -0.151. The summed E-state index contributed by atoms with van der Waals surface area (Å²) >= 11 is 0. The highest BCUT2D eigenvalue weighted by molar-refractivity contribution is 5.75. The molecule has 98 valence electrons. The second-order valence-corrected chi connectivity index (χ2v) is 5.02. The molecule has 0 aliphatic carbocycles. The van der Waals surface area contributed by atoms with E-state index in [4.69, 9.17) is 9.47 Å². The molecule has 0 aliphatic heterocycles. The van der Waals surface area contributed by atoms with Gasteiger partial charge in [0.05, 0.1) is 12.5 Å². The third-order valence-electron chi connectivity index (χ3n) is 2.35. The molecule has 0 aromatic heterocycles. The first-order chi connectivity index (χ1) is 8.43. The van der Waals surface area contributed by atoms with Gasteiger partial charge in [-0.15, -0.1) is 0 Å². The van der Waals surface area contributed by atoms with Gasteiger partial charge in [0.25, 0.3) is 0 Å². The van der Waals surface area contributed by atoms with E-state index < -0.39 is 5.41 Å². The van der Waals surface area contributed by atoms with Gasteiger partial charge in [-0.2, -0.15) is 0 Å². The number of hydrogen-bond donors (Lipinski definition) is 0. The highest BCUT2D eigenvalue weighted by Gasteiger charge is 2.22. The van der Waals surface area contributed by atoms with Crippen LogP contribution in [0.5, 0.6) is 5.75 Å². The Morgan fingerprint density at radius 2 is 1.83 bits per heavy atom. The van der Waals surface area contributed by atoms with Crippen LogP contribution in [0.15, 0.2) is 30.3 Å². The quantitative estimate of drug-likeness (QED) is 0.767. The molecular formula is C15H20O3. The summed E-state index contributed by atoms with van der Waals surface area (Å²) < 4.78 is 10.2. The Bertz CT molecular complexity index is 410. The van der Waals surface area contributed by atoms with Crippen molar-refractivity contribution >= 4 is 12.0 Å². The average molecular weight is 248 g/mol. The van der Waals surface area contributed by atoms with Crippen LogP contribution in [0.2, 0.25) is 0 Å². The molecule has 0 aliphatic rings. The molecule has 1 aromatic rings. The van der Waals surface area contributed by atoms with E-state index in [9.17, 15) is 4.79 Å². The van der Waals surface area contributed by atoms with Crippen molar-refractivity contribution in [1.82, 2.24) is 0 Å². The maximum atomic E-state index is 11.5. The fraction of sp³-hybridized carbons (Fsp3) is 0.400. The predicted molar refractivity (Wildman–Crippen MR) is 72.4 cm³/mol. The van der Waals surface area contributed by atoms with Crippen molar-refractivity contribution in [3.63, 3.8) is 0 Å². The lowest BCUT2D eigenvalue weighted by Crippen LogP contribution is -2.22. The number of carbonyl (C=O) groups excluding carboxylic acids is 1. The van der Waals surface area contributed by atoms with Gasteiger partial charge in [-0.3, -0.25) is 4.79 Å². The van der Waals surface area contributed by atoms with Gasteiger partial charge >= 0.3 is 5.97 Å². The van der Waals surface area contributed by atoms with Crippen molar-refractivity contribution in [2.24, 2.45) is 5.41 Å². The predicted octanol–water partition coefficient (Wildman–Crippen LogP) is 3.30. The van der Waals surface area contributed by atoms with Crippen LogP contribution < -0.4 is 4.74 Å². The van der Waals surface area contributed by atoms with Crippen LogP contribution in [-0.2, 0) is 9.53 Å². The molecule has 3 heteroatoms. The molecule has 0 N–H and O–H groups in total. The minimum absolute atomic E-state index is 0.193. The van der Waals surface area contributed by atoms with E-state index in [0.29, 0.717) is 6.61 Å². The molecule has 0 amide bonds. The molecule has 0 unspecified atom stereocenters. The first-order valence-corrected chi connectivity index (χ1v) is 5.91. The lowest BCUT2D eigenvalue weighted by atomic mass is 9.97. The zero-order valence-electron chi connectivity index (χ0n) is 11.4. The van der Waals surface area contributed by atoms with Crippen LogP contribution in [-0.4, -0.2) is 19.7 Å². The van der Waals surface area contributed by atoms with E-state index in [1.54, 1.807) is 7.11 Å². The Hall–Kier alpha value is -1.77. The summed E-state index contributed by atoms with van der Waals surface area (Å²) in [6, 6.07) is 7.67. The number of esters is 1. The van der Waals surface area contributed by atoms with Crippen LogP contribution >= 0.6 is 0 Å². The van der Waals surface area contributed by atoms with Gasteiger partial charge in [0, 0.05) is 0 Å². The Labute approximate surface area is 108 Å². The fourth-order valence-corrected chi connectivity index (χ4v) is 1.24. The smallest absolute Gasteiger partial charge is 0.311 e. The largest absolute Gasteiger partial charge is 0.497 e. The Morgan fingerprint density at radius 3 is 2.33 bits per heavy atom. The van der Waals surface area contributed by atoms with Crippen LogP contribution in [0.3, 0.4) is 0 Å². The van der Waals surface area contributed by atoms with Gasteiger partial charge in [0.1, 0.15) is 12.4 Å². The summed E-state index contributed by atoms with van der Waals surface area (Å²) in [5, 5.41) is 0. The van der Waals surface area contributed by atoms with E-state index in [2.05, 4.69) is 0 Å². The highest BCUT2D eigenvalue weighted by Crippen LogP contribution is 2.15. The fourth-order valence-electron chi connectivity index (χ4n) is 1.24. The molecule has 0 heterocycles. The standard InChI is InChI=1S/C15H20O3/c1-15(2,3)14(16)18-11-5-6-12-7-9-13(17-4)10-8-12/h5-10H,11H2,1-4H3/b6-5+. The van der Waals surface area contributed by atoms with Crippen LogP contribution in [0, 0.1) is 5.41 Å². The molecular weight excluding hydrogens is 228 g/mol. The number of carbonyl (C=O) groups is 1. The summed E-state index contributed by atoms with van der Waals surface area (Å²) in [6.07, 6.45) is 3.74. The van der Waals surface area contributed by atoms with Crippen molar-refractivity contribution in [3.05, 3.63) is 35.9 Å². The van der Waals surface area contributed by atoms with Crippen molar-refractivity contribution in [3.8, 4) is 5.75 Å². The van der Waals surface area contributed by atoms with Gasteiger partial charge in [0.15, 0.2) is 0 Å². The van der Waals surface area contributed by atoms with Crippen molar-refractivity contribution < 1.29 is 14.3 Å². The van der Waals surface area contributed by atoms with Crippen LogP contribution in [0.1, 0.15) is 26.3 Å². The van der Waals surface area contributed by atoms with Gasteiger partial charge in [-0.25, -0.2) is 0 Å². The molecule has 0 radical (unpaired) electrons. The van der Waals surface area contributed by atoms with Gasteiger partial charge in [0.2, 0.25) is 0 Å². The second kappa shape index (κ2) is 6.24. The zero-order valence-corrected chi connectivity index (χ0v) is 11.4. The van der Waals surface area contributed by atoms with E-state index in [1.165, 1.54) is 0 Å². The SMILES string of the molecule is COc1ccc(/C=C/COC(=O)C(C)(C)C)cc1. The Morgan fingerprint density at radius 1 is 1.22 bits per heavy atom. The summed E-state index contributed by atoms with van der Waals surface area (Å²) in [4.78, 5) is 11.5. The molecule has 3 nitrogen and oxygen atoms in total. The summed E-state index contributed by atoms with van der Waals surface area (Å²) in [6.45, 7) is 5.80. The number of benzene rings is 1. The minimum atomic E-state index is -0.450. The van der Waals surface area contributed by atoms with E-state index in [1.807, 2.05) is 57.2 Å². The molecule has 0 atom stereocenters. The summed E-state index contributed by atoms with van der Waals surface area (Å²) in [7, 11) is 1.64. The number of hydrogen-bond acceptors (Lipinski definition) is 3. The van der Waals surface area contributed by atoms with Crippen LogP contribution in [0.4, 0.5) is 0 Å². The molecule has 0 spiro atoms. The van der Waals surface area contributed by atoms with E-state index in [-0.39, 0.29) is 5.97 Å². The van der Waals surface area contributed by atoms with Crippen molar-refractivity contribution in [2.45, 2.75) is 20.8 Å². The zero-order chi connectivity index (χ0) is 13.6. The maximum Gasteiger partial charge on any atom is 0.311 e. The summed E-state index contributed by atoms with van der Waals surface area (Å²) in [5.74, 6) is 0.633. The lowest BCUT2D eigenvalue weighted by Gasteiger charge is -2.15. The number of rotatable bonds is 4. The topological polar surface area (TPSA) is 35.5 Å². The van der Waals surface area contributed by atoms with Crippen LogP contribution in [0.25, 0.3) is 6.08 Å². The Kier molecular flexibility index (Phi) is 4.95. The first kappa shape index (κ1) is 14.3. The van der Waals surface area contributed by atoms with Crippen molar-refractivity contribution in [1.29, 1.82) is 0 Å². The minimum Gasteiger partial charge on any atom is -0.497 e. The molecule has 0 saturated heterocycles. The number of ether oxygens (including phenoxy) is 2. The maximum absolute atomic E-state index is 11.5. The summed E-state index contributed by atoms with van der Waals surface area (Å²) in [5.41, 5.74) is 0.594. The second-order valence-electron chi connectivity index (χ2n) is 5.02. The molecule has 1 aromatic carbocycles. The van der Waals surface area contributed by atoms with Gasteiger partial charge in [-0.05, 0) is 44.5 Å². The molecule has 0 fully saturated rings. The van der Waals surface area contributed by atoms with E-state index in [0.717, 1.165) is 11.3 Å². The number of methoxy groups -OCH3 is 1. The van der Waals surface area contributed by atoms with Gasteiger partial charge < -0.3 is 9.47 Å². The highest BCUT2D eigenvalue weighted by atomic mass is 16.5. The third kappa shape index (κ3) is 4.62. The van der Waals surface area contributed by atoms with Crippen molar-refractivity contribution in [2.75, 3.05) is 13.7 Å². The van der Waals surface area contributed by atoms with Gasteiger partial charge in [-0.1, -0.05) is 18.2 Å². The average Bonchev–Trinajstić information content (AvgIpc) is 2.34. The molecule has 1 rings (SSSR count). The first-order valence-electron chi connectivity index (χ1n) is 5.91. The third-order valence-corrected chi connectivity index (χ3v) is 2.35. The molecule has 0 saturated carbocycles.